The lowest BCUT2D eigenvalue weighted by atomic mass is 9.99. The lowest BCUT2D eigenvalue weighted by molar-refractivity contribution is 0.0727. The summed E-state index contributed by atoms with van der Waals surface area (Å²) in [5.41, 5.74) is 4.07. The van der Waals surface area contributed by atoms with Crippen molar-refractivity contribution in [1.29, 1.82) is 0 Å². The van der Waals surface area contributed by atoms with E-state index in [-0.39, 0.29) is 17.9 Å². The first-order valence-electron chi connectivity index (χ1n) is 10.5. The van der Waals surface area contributed by atoms with Crippen LogP contribution in [0.5, 0.6) is 0 Å². The van der Waals surface area contributed by atoms with Gasteiger partial charge in [0, 0.05) is 43.1 Å². The van der Waals surface area contributed by atoms with E-state index >= 15 is 0 Å². The van der Waals surface area contributed by atoms with E-state index < -0.39 is 0 Å². The van der Waals surface area contributed by atoms with E-state index in [0.29, 0.717) is 23.2 Å². The topological polar surface area (TPSA) is 78.0 Å². The van der Waals surface area contributed by atoms with Crippen LogP contribution in [0.4, 0.5) is 5.95 Å². The van der Waals surface area contributed by atoms with Crippen LogP contribution in [0, 0.1) is 0 Å². The highest BCUT2D eigenvalue weighted by atomic mass is 35.5. The second kappa shape index (κ2) is 8.67. The van der Waals surface area contributed by atoms with E-state index in [9.17, 15) is 4.79 Å². The molecule has 1 fully saturated rings. The molecule has 31 heavy (non-hydrogen) atoms. The van der Waals surface area contributed by atoms with Crippen molar-refractivity contribution in [2.24, 2.45) is 0 Å². The number of aromatic amines is 1. The van der Waals surface area contributed by atoms with Gasteiger partial charge in [-0.2, -0.15) is 5.10 Å². The summed E-state index contributed by atoms with van der Waals surface area (Å²) >= 11 is 6.25. The van der Waals surface area contributed by atoms with E-state index in [1.54, 1.807) is 0 Å². The number of hydrogen-bond acceptors (Lipinski definition) is 5. The Balaban J connectivity index is 1.75. The number of carbonyl (C=O) groups is 1. The highest BCUT2D eigenvalue weighted by molar-refractivity contribution is 6.30. The molecule has 162 valence electrons. The molecule has 1 atom stereocenters. The first kappa shape index (κ1) is 21.3. The molecule has 1 N–H and O–H groups in total. The molecule has 3 aromatic rings. The van der Waals surface area contributed by atoms with Crippen molar-refractivity contribution in [1.82, 2.24) is 25.1 Å². The quantitative estimate of drug-likeness (QED) is 0.625. The molecule has 1 amide bonds. The molecule has 8 heteroatoms. The van der Waals surface area contributed by atoms with Gasteiger partial charge in [-0.05, 0) is 42.5 Å². The molecule has 0 radical (unpaired) electrons. The molecule has 1 aliphatic rings. The average molecular weight is 439 g/mol. The minimum Gasteiger partial charge on any atom is -0.347 e. The SMILES string of the molecule is CC(C)c1cc(C(=O)N2CCC[C@@H]2c2nc(N(C)C)ncc2-c2cccc(Cl)c2)n[nH]1. The fourth-order valence-electron chi connectivity index (χ4n) is 3.92. The smallest absolute Gasteiger partial charge is 0.274 e. The van der Waals surface area contributed by atoms with Crippen LogP contribution in [-0.4, -0.2) is 51.6 Å². The summed E-state index contributed by atoms with van der Waals surface area (Å²) in [6.45, 7) is 4.81. The third kappa shape index (κ3) is 4.28. The minimum atomic E-state index is -0.151. The number of hydrogen-bond donors (Lipinski definition) is 1. The van der Waals surface area contributed by atoms with Crippen LogP contribution < -0.4 is 4.90 Å². The van der Waals surface area contributed by atoms with E-state index in [4.69, 9.17) is 16.6 Å². The van der Waals surface area contributed by atoms with Crippen molar-refractivity contribution < 1.29 is 4.79 Å². The van der Waals surface area contributed by atoms with Gasteiger partial charge < -0.3 is 9.80 Å². The number of carbonyl (C=O) groups excluding carboxylic acids is 1. The second-order valence-corrected chi connectivity index (χ2v) is 8.83. The molecule has 7 nitrogen and oxygen atoms in total. The van der Waals surface area contributed by atoms with Crippen LogP contribution in [0.3, 0.4) is 0 Å². The van der Waals surface area contributed by atoms with Crippen LogP contribution in [0.25, 0.3) is 11.1 Å². The Morgan fingerprint density at radius 1 is 1.29 bits per heavy atom. The fourth-order valence-corrected chi connectivity index (χ4v) is 4.11. The van der Waals surface area contributed by atoms with E-state index in [1.807, 2.05) is 60.4 Å². The number of nitrogens with zero attached hydrogens (tertiary/aromatic N) is 5. The molecule has 0 bridgehead atoms. The number of likely N-dealkylation sites (tertiary alicyclic amines) is 1. The Kier molecular flexibility index (Phi) is 5.96. The van der Waals surface area contributed by atoms with Gasteiger partial charge >= 0.3 is 0 Å². The lowest BCUT2D eigenvalue weighted by Crippen LogP contribution is -2.32. The number of amides is 1. The zero-order valence-electron chi connectivity index (χ0n) is 18.3. The molecule has 1 saturated heterocycles. The van der Waals surface area contributed by atoms with Gasteiger partial charge in [-0.15, -0.1) is 0 Å². The zero-order chi connectivity index (χ0) is 22.1. The molecule has 0 spiro atoms. The first-order chi connectivity index (χ1) is 14.8. The summed E-state index contributed by atoms with van der Waals surface area (Å²) in [6.07, 6.45) is 3.58. The van der Waals surface area contributed by atoms with Crippen molar-refractivity contribution in [3.05, 3.63) is 58.6 Å². The molecule has 0 unspecified atom stereocenters. The molecular formula is C23H27ClN6O. The molecule has 0 saturated carbocycles. The first-order valence-corrected chi connectivity index (χ1v) is 10.9. The van der Waals surface area contributed by atoms with Crippen LogP contribution in [-0.2, 0) is 0 Å². The summed E-state index contributed by atoms with van der Waals surface area (Å²) in [5, 5.41) is 7.91. The summed E-state index contributed by atoms with van der Waals surface area (Å²) < 4.78 is 0. The Hall–Kier alpha value is -2.93. The van der Waals surface area contributed by atoms with Crippen molar-refractivity contribution in [3.8, 4) is 11.1 Å². The van der Waals surface area contributed by atoms with Crippen molar-refractivity contribution >= 4 is 23.5 Å². The average Bonchev–Trinajstić information content (AvgIpc) is 3.43. The largest absolute Gasteiger partial charge is 0.347 e. The standard InChI is InChI=1S/C23H27ClN6O/c1-14(2)18-12-19(28-27-18)22(31)30-10-6-9-20(30)21-17(13-25-23(26-21)29(3)4)15-7-5-8-16(24)11-15/h5,7-8,11-14,20H,6,9-10H2,1-4H3,(H,27,28)/t20-/m1/s1. The zero-order valence-corrected chi connectivity index (χ0v) is 19.0. The van der Waals surface area contributed by atoms with Gasteiger partial charge in [0.25, 0.3) is 5.91 Å². The Morgan fingerprint density at radius 2 is 2.10 bits per heavy atom. The summed E-state index contributed by atoms with van der Waals surface area (Å²) in [5.74, 6) is 0.817. The van der Waals surface area contributed by atoms with Gasteiger partial charge in [-0.25, -0.2) is 9.97 Å². The van der Waals surface area contributed by atoms with Gasteiger partial charge in [0.1, 0.15) is 5.69 Å². The third-order valence-electron chi connectivity index (χ3n) is 5.61. The normalized spacial score (nSPS) is 16.2. The van der Waals surface area contributed by atoms with Crippen LogP contribution in [0.1, 0.15) is 60.5 Å². The van der Waals surface area contributed by atoms with Crippen molar-refractivity contribution in [2.45, 2.75) is 38.6 Å². The van der Waals surface area contributed by atoms with Crippen LogP contribution in [0.2, 0.25) is 5.02 Å². The van der Waals surface area contributed by atoms with Gasteiger partial charge in [-0.1, -0.05) is 37.6 Å². The van der Waals surface area contributed by atoms with Gasteiger partial charge in [0.2, 0.25) is 5.95 Å². The number of benzene rings is 1. The second-order valence-electron chi connectivity index (χ2n) is 8.39. The van der Waals surface area contributed by atoms with Crippen molar-refractivity contribution in [2.75, 3.05) is 25.5 Å². The van der Waals surface area contributed by atoms with Crippen molar-refractivity contribution in [3.63, 3.8) is 0 Å². The molecule has 1 aromatic carbocycles. The molecular weight excluding hydrogens is 412 g/mol. The van der Waals surface area contributed by atoms with Gasteiger partial charge in [0.05, 0.1) is 11.7 Å². The van der Waals surface area contributed by atoms with Gasteiger partial charge in [-0.3, -0.25) is 9.89 Å². The highest BCUT2D eigenvalue weighted by Crippen LogP contribution is 2.38. The van der Waals surface area contributed by atoms with Gasteiger partial charge in [0.15, 0.2) is 0 Å². The Labute approximate surface area is 187 Å². The Morgan fingerprint density at radius 3 is 2.77 bits per heavy atom. The number of H-pyrrole nitrogens is 1. The molecule has 1 aliphatic heterocycles. The predicted octanol–water partition coefficient (Wildman–Crippen LogP) is 4.69. The predicted molar refractivity (Wildman–Crippen MR) is 122 cm³/mol. The number of anilines is 1. The van der Waals surface area contributed by atoms with E-state index in [1.165, 1.54) is 0 Å². The summed E-state index contributed by atoms with van der Waals surface area (Å²) in [6, 6.07) is 9.36. The van der Waals surface area contributed by atoms with Crippen LogP contribution in [0.15, 0.2) is 36.5 Å². The maximum absolute atomic E-state index is 13.4. The molecule has 3 heterocycles. The number of nitrogens with one attached hydrogen (secondary N) is 1. The lowest BCUT2D eigenvalue weighted by Gasteiger charge is -2.26. The maximum atomic E-state index is 13.4. The highest BCUT2D eigenvalue weighted by Gasteiger charge is 2.35. The maximum Gasteiger partial charge on any atom is 0.274 e. The molecule has 0 aliphatic carbocycles. The number of rotatable bonds is 5. The van der Waals surface area contributed by atoms with E-state index in [0.717, 1.165) is 35.4 Å². The Bertz CT molecular complexity index is 1090. The molecule has 2 aromatic heterocycles. The monoisotopic (exact) mass is 438 g/mol. The number of aromatic nitrogens is 4. The molecule has 4 rings (SSSR count). The summed E-state index contributed by atoms with van der Waals surface area (Å²) in [7, 11) is 3.82. The van der Waals surface area contributed by atoms with E-state index in [2.05, 4.69) is 29.0 Å². The van der Waals surface area contributed by atoms with Crippen LogP contribution >= 0.6 is 11.6 Å². The summed E-state index contributed by atoms with van der Waals surface area (Å²) in [4.78, 5) is 26.5. The number of halogens is 1. The minimum absolute atomic E-state index is 0.0762. The third-order valence-corrected chi connectivity index (χ3v) is 5.84. The fraction of sp³-hybridized carbons (Fsp3) is 0.391.